The zero-order chi connectivity index (χ0) is 24.5. The van der Waals surface area contributed by atoms with Crippen LogP contribution in [-0.4, -0.2) is 36.2 Å². The molecule has 3 aromatic heterocycles. The number of benzene rings is 1. The highest BCUT2D eigenvalue weighted by molar-refractivity contribution is 6.09. The van der Waals surface area contributed by atoms with Crippen LogP contribution in [0.25, 0.3) is 11.3 Å². The lowest BCUT2D eigenvalue weighted by Crippen LogP contribution is -2.33. The number of rotatable bonds is 5. The highest BCUT2D eigenvalue weighted by Crippen LogP contribution is 2.51. The SMILES string of the molecule is COC(=O)c1oc2c(c1C(=O)OC)N(Cc1ccccc1)[C@@H](c1ccccn1)[C@H](O)c1cocc1-2. The third-order valence-electron chi connectivity index (χ3n) is 6.01. The van der Waals surface area contributed by atoms with Crippen molar-refractivity contribution in [1.29, 1.82) is 0 Å². The van der Waals surface area contributed by atoms with Crippen molar-refractivity contribution in [1.82, 2.24) is 4.98 Å². The van der Waals surface area contributed by atoms with Gasteiger partial charge in [0.2, 0.25) is 5.76 Å². The van der Waals surface area contributed by atoms with Gasteiger partial charge in [-0.25, -0.2) is 9.59 Å². The number of carbonyl (C=O) groups excluding carboxylic acids is 2. The van der Waals surface area contributed by atoms with Crippen LogP contribution in [0.4, 0.5) is 5.69 Å². The Morgan fingerprint density at radius 1 is 1.03 bits per heavy atom. The molecule has 0 saturated carbocycles. The molecule has 0 unspecified atom stereocenters. The molecule has 9 heteroatoms. The van der Waals surface area contributed by atoms with E-state index in [1.54, 1.807) is 23.2 Å². The molecule has 1 aliphatic rings. The van der Waals surface area contributed by atoms with Gasteiger partial charge in [0.15, 0.2) is 5.76 Å². The van der Waals surface area contributed by atoms with Gasteiger partial charge in [-0.2, -0.15) is 0 Å². The van der Waals surface area contributed by atoms with Crippen molar-refractivity contribution in [2.75, 3.05) is 19.1 Å². The third-order valence-corrected chi connectivity index (χ3v) is 6.01. The second-order valence-electron chi connectivity index (χ2n) is 7.97. The van der Waals surface area contributed by atoms with Gasteiger partial charge in [-0.1, -0.05) is 36.4 Å². The first-order valence-corrected chi connectivity index (χ1v) is 10.8. The van der Waals surface area contributed by atoms with E-state index in [1.807, 2.05) is 36.4 Å². The van der Waals surface area contributed by atoms with Crippen LogP contribution in [-0.2, 0) is 16.0 Å². The fourth-order valence-corrected chi connectivity index (χ4v) is 4.44. The molecule has 1 N–H and O–H groups in total. The minimum atomic E-state index is -1.10. The Morgan fingerprint density at radius 2 is 1.77 bits per heavy atom. The summed E-state index contributed by atoms with van der Waals surface area (Å²) in [5.41, 5.74) is 2.45. The molecule has 9 nitrogen and oxygen atoms in total. The number of fused-ring (bicyclic) bond motifs is 3. The Labute approximate surface area is 200 Å². The molecule has 0 saturated heterocycles. The molecule has 1 aromatic carbocycles. The molecule has 4 aromatic rings. The second kappa shape index (κ2) is 9.11. The molecule has 0 bridgehead atoms. The monoisotopic (exact) mass is 474 g/mol. The average Bonchev–Trinajstić information content (AvgIpc) is 3.52. The first-order valence-electron chi connectivity index (χ1n) is 10.8. The predicted molar refractivity (Wildman–Crippen MR) is 124 cm³/mol. The van der Waals surface area contributed by atoms with E-state index in [2.05, 4.69) is 4.98 Å². The summed E-state index contributed by atoms with van der Waals surface area (Å²) < 4.78 is 21.3. The quantitative estimate of drug-likeness (QED) is 0.423. The van der Waals surface area contributed by atoms with Gasteiger partial charge in [-0.05, 0) is 17.7 Å². The Hall–Kier alpha value is -4.37. The second-order valence-corrected chi connectivity index (χ2v) is 7.97. The summed E-state index contributed by atoms with van der Waals surface area (Å²) in [6.07, 6.45) is 3.35. The molecule has 1 aliphatic heterocycles. The van der Waals surface area contributed by atoms with Crippen LogP contribution in [0.15, 0.2) is 76.1 Å². The van der Waals surface area contributed by atoms with Crippen LogP contribution in [0.1, 0.15) is 49.9 Å². The van der Waals surface area contributed by atoms with Gasteiger partial charge in [0.05, 0.1) is 31.7 Å². The maximum Gasteiger partial charge on any atom is 0.374 e. The fourth-order valence-electron chi connectivity index (χ4n) is 4.44. The van der Waals surface area contributed by atoms with E-state index in [0.717, 1.165) is 5.56 Å². The smallest absolute Gasteiger partial charge is 0.374 e. The van der Waals surface area contributed by atoms with Crippen molar-refractivity contribution < 1.29 is 33.0 Å². The van der Waals surface area contributed by atoms with Crippen molar-refractivity contribution >= 4 is 17.6 Å². The van der Waals surface area contributed by atoms with Crippen molar-refractivity contribution in [3.63, 3.8) is 0 Å². The maximum absolute atomic E-state index is 13.1. The number of methoxy groups -OCH3 is 2. The lowest BCUT2D eigenvalue weighted by Gasteiger charge is -2.34. The Bertz CT molecular complexity index is 1360. The number of aliphatic hydroxyl groups excluding tert-OH is 1. The number of aromatic nitrogens is 1. The Morgan fingerprint density at radius 3 is 2.46 bits per heavy atom. The predicted octanol–water partition coefficient (Wildman–Crippen LogP) is 4.30. The number of anilines is 1. The molecule has 0 amide bonds. The lowest BCUT2D eigenvalue weighted by atomic mass is 9.98. The van der Waals surface area contributed by atoms with E-state index < -0.39 is 24.1 Å². The molecule has 178 valence electrons. The van der Waals surface area contributed by atoms with E-state index >= 15 is 0 Å². The number of ether oxygens (including phenoxy) is 2. The van der Waals surface area contributed by atoms with Crippen molar-refractivity contribution in [2.45, 2.75) is 18.7 Å². The summed E-state index contributed by atoms with van der Waals surface area (Å²) >= 11 is 0. The van der Waals surface area contributed by atoms with Crippen LogP contribution >= 0.6 is 0 Å². The van der Waals surface area contributed by atoms with Crippen LogP contribution in [0.2, 0.25) is 0 Å². The molecule has 4 heterocycles. The lowest BCUT2D eigenvalue weighted by molar-refractivity contribution is 0.0529. The fraction of sp³-hybridized carbons (Fsp3) is 0.192. The topological polar surface area (TPSA) is 115 Å². The number of nitrogens with zero attached hydrogens (tertiary/aromatic N) is 2. The summed E-state index contributed by atoms with van der Waals surface area (Å²) in [5.74, 6) is -1.73. The van der Waals surface area contributed by atoms with E-state index in [0.29, 0.717) is 16.8 Å². The molecule has 35 heavy (non-hydrogen) atoms. The van der Waals surface area contributed by atoms with Crippen LogP contribution in [0.3, 0.4) is 0 Å². The molecule has 0 spiro atoms. The van der Waals surface area contributed by atoms with Gasteiger partial charge in [0.1, 0.15) is 29.7 Å². The standard InChI is InChI=1S/C26H22N2O7/c1-32-25(30)19-21-23(35-24(19)26(31)33-2)17-14-34-13-16(17)22(29)20(18-10-6-7-11-27-18)28(21)12-15-8-4-3-5-9-15/h3-11,13-14,20,22,29H,12H2,1-2H3/t20-,22+/m0/s1. The number of furan rings is 2. The summed E-state index contributed by atoms with van der Waals surface area (Å²) in [4.78, 5) is 32.0. The third kappa shape index (κ3) is 3.75. The number of carbonyl (C=O) groups is 2. The van der Waals surface area contributed by atoms with Crippen LogP contribution in [0.5, 0.6) is 0 Å². The van der Waals surface area contributed by atoms with Crippen molar-refractivity contribution in [3.05, 3.63) is 95.4 Å². The van der Waals surface area contributed by atoms with Crippen LogP contribution in [0, 0.1) is 0 Å². The molecule has 0 aliphatic carbocycles. The number of esters is 2. The summed E-state index contributed by atoms with van der Waals surface area (Å²) in [7, 11) is 2.41. The number of hydrogen-bond donors (Lipinski definition) is 1. The molecule has 0 fully saturated rings. The number of aliphatic hydroxyl groups is 1. The summed E-state index contributed by atoms with van der Waals surface area (Å²) in [5, 5.41) is 11.6. The first-order chi connectivity index (χ1) is 17.0. The summed E-state index contributed by atoms with van der Waals surface area (Å²) in [6, 6.07) is 14.1. The largest absolute Gasteiger partial charge is 0.471 e. The number of hydrogen-bond acceptors (Lipinski definition) is 9. The first kappa shape index (κ1) is 22.4. The summed E-state index contributed by atoms with van der Waals surface area (Å²) in [6.45, 7) is 0.262. The van der Waals surface area contributed by atoms with Gasteiger partial charge in [-0.15, -0.1) is 0 Å². The van der Waals surface area contributed by atoms with Gasteiger partial charge in [0.25, 0.3) is 0 Å². The molecule has 2 atom stereocenters. The molecular formula is C26H22N2O7. The normalized spacial score (nSPS) is 16.7. The average molecular weight is 474 g/mol. The van der Waals surface area contributed by atoms with Crippen molar-refractivity contribution in [2.24, 2.45) is 0 Å². The highest BCUT2D eigenvalue weighted by Gasteiger charge is 2.44. The van der Waals surface area contributed by atoms with Gasteiger partial charge in [0, 0.05) is 18.3 Å². The van der Waals surface area contributed by atoms with E-state index in [1.165, 1.54) is 26.7 Å². The zero-order valence-electron chi connectivity index (χ0n) is 19.0. The Balaban J connectivity index is 1.85. The van der Waals surface area contributed by atoms with Crippen LogP contribution < -0.4 is 4.90 Å². The van der Waals surface area contributed by atoms with Crippen molar-refractivity contribution in [3.8, 4) is 11.3 Å². The Kier molecular flexibility index (Phi) is 5.84. The number of pyridine rings is 1. The van der Waals surface area contributed by atoms with Gasteiger partial charge in [-0.3, -0.25) is 4.98 Å². The van der Waals surface area contributed by atoms with Gasteiger partial charge >= 0.3 is 11.9 Å². The molecule has 0 radical (unpaired) electrons. The zero-order valence-corrected chi connectivity index (χ0v) is 19.0. The van der Waals surface area contributed by atoms with Gasteiger partial charge < -0.3 is 28.3 Å². The maximum atomic E-state index is 13.1. The van der Waals surface area contributed by atoms with E-state index in [4.69, 9.17) is 18.3 Å². The van der Waals surface area contributed by atoms with E-state index in [-0.39, 0.29) is 29.3 Å². The minimum absolute atomic E-state index is 0.104. The molecular weight excluding hydrogens is 452 g/mol. The highest BCUT2D eigenvalue weighted by atomic mass is 16.5. The molecule has 5 rings (SSSR count). The van der Waals surface area contributed by atoms with E-state index in [9.17, 15) is 14.7 Å². The minimum Gasteiger partial charge on any atom is -0.471 e.